The first kappa shape index (κ1) is 21.0. The molecular weight excluding hydrogens is 432 g/mol. The Labute approximate surface area is 195 Å². The SMILES string of the molecule is O=C(CSc1nnc(CCc2nc3ccccc3[nH]2)n1-c1ccccc1)Nc1ccccc1. The maximum atomic E-state index is 12.4. The Morgan fingerprint density at radius 3 is 2.39 bits per heavy atom. The second kappa shape index (κ2) is 9.70. The number of aryl methyl sites for hydroxylation is 2. The summed E-state index contributed by atoms with van der Waals surface area (Å²) in [5, 5.41) is 12.4. The average Bonchev–Trinajstić information content (AvgIpc) is 3.46. The van der Waals surface area contributed by atoms with Crippen molar-refractivity contribution in [3.63, 3.8) is 0 Å². The molecule has 33 heavy (non-hydrogen) atoms. The van der Waals surface area contributed by atoms with Gasteiger partial charge in [0.1, 0.15) is 11.6 Å². The summed E-state index contributed by atoms with van der Waals surface area (Å²) in [4.78, 5) is 20.5. The van der Waals surface area contributed by atoms with Crippen LogP contribution in [0.5, 0.6) is 0 Å². The molecule has 2 aromatic heterocycles. The van der Waals surface area contributed by atoms with E-state index in [1.54, 1.807) is 0 Å². The average molecular weight is 455 g/mol. The summed E-state index contributed by atoms with van der Waals surface area (Å²) >= 11 is 1.37. The molecule has 0 aliphatic carbocycles. The van der Waals surface area contributed by atoms with Gasteiger partial charge in [-0.1, -0.05) is 60.3 Å². The first-order chi connectivity index (χ1) is 16.3. The Bertz CT molecular complexity index is 1330. The number of carbonyl (C=O) groups excluding carboxylic acids is 1. The van der Waals surface area contributed by atoms with Crippen LogP contribution in [0.1, 0.15) is 11.6 Å². The zero-order chi connectivity index (χ0) is 22.5. The molecule has 1 amide bonds. The van der Waals surface area contributed by atoms with Gasteiger partial charge in [0.15, 0.2) is 5.16 Å². The van der Waals surface area contributed by atoms with Gasteiger partial charge in [-0.05, 0) is 36.4 Å². The van der Waals surface area contributed by atoms with Crippen LogP contribution in [-0.4, -0.2) is 36.4 Å². The molecule has 0 saturated carbocycles. The number of amides is 1. The summed E-state index contributed by atoms with van der Waals surface area (Å²) < 4.78 is 2.02. The molecule has 2 heterocycles. The summed E-state index contributed by atoms with van der Waals surface area (Å²) in [6.45, 7) is 0. The van der Waals surface area contributed by atoms with Crippen molar-refractivity contribution in [1.82, 2.24) is 24.7 Å². The number of rotatable bonds is 8. The van der Waals surface area contributed by atoms with Gasteiger partial charge in [0.25, 0.3) is 0 Å². The number of thioether (sulfide) groups is 1. The van der Waals surface area contributed by atoms with Crippen LogP contribution in [0.25, 0.3) is 16.7 Å². The van der Waals surface area contributed by atoms with E-state index < -0.39 is 0 Å². The number of aromatic nitrogens is 5. The topological polar surface area (TPSA) is 88.5 Å². The molecule has 5 aromatic rings. The molecular formula is C25H22N6OS. The first-order valence-electron chi connectivity index (χ1n) is 10.7. The van der Waals surface area contributed by atoms with Crippen molar-refractivity contribution in [1.29, 1.82) is 0 Å². The maximum Gasteiger partial charge on any atom is 0.234 e. The van der Waals surface area contributed by atoms with E-state index in [9.17, 15) is 4.79 Å². The molecule has 0 unspecified atom stereocenters. The van der Waals surface area contributed by atoms with Gasteiger partial charge >= 0.3 is 0 Å². The number of anilines is 1. The van der Waals surface area contributed by atoms with E-state index in [4.69, 9.17) is 0 Å². The van der Waals surface area contributed by atoms with Crippen molar-refractivity contribution in [2.75, 3.05) is 11.1 Å². The number of aromatic amines is 1. The van der Waals surface area contributed by atoms with E-state index in [1.807, 2.05) is 89.5 Å². The van der Waals surface area contributed by atoms with Crippen LogP contribution in [0.4, 0.5) is 5.69 Å². The number of nitrogens with one attached hydrogen (secondary N) is 2. The van der Waals surface area contributed by atoms with Gasteiger partial charge in [-0.15, -0.1) is 10.2 Å². The lowest BCUT2D eigenvalue weighted by atomic mass is 10.2. The van der Waals surface area contributed by atoms with Crippen molar-refractivity contribution in [3.05, 3.63) is 96.6 Å². The van der Waals surface area contributed by atoms with E-state index in [-0.39, 0.29) is 11.7 Å². The zero-order valence-electron chi connectivity index (χ0n) is 17.8. The monoisotopic (exact) mass is 454 g/mol. The lowest BCUT2D eigenvalue weighted by Gasteiger charge is -2.10. The smallest absolute Gasteiger partial charge is 0.234 e. The molecule has 0 fully saturated rings. The van der Waals surface area contributed by atoms with Gasteiger partial charge in [0, 0.05) is 24.2 Å². The minimum atomic E-state index is -0.0855. The fourth-order valence-electron chi connectivity index (χ4n) is 3.59. The summed E-state index contributed by atoms with van der Waals surface area (Å²) in [7, 11) is 0. The third-order valence-corrected chi connectivity index (χ3v) is 6.06. The molecule has 0 saturated heterocycles. The van der Waals surface area contributed by atoms with Gasteiger partial charge < -0.3 is 10.3 Å². The van der Waals surface area contributed by atoms with E-state index in [0.29, 0.717) is 18.0 Å². The highest BCUT2D eigenvalue weighted by Gasteiger charge is 2.16. The predicted octanol–water partition coefficient (Wildman–Crippen LogP) is 4.66. The van der Waals surface area contributed by atoms with Gasteiger partial charge in [-0.3, -0.25) is 9.36 Å². The van der Waals surface area contributed by atoms with Gasteiger partial charge in [0.2, 0.25) is 5.91 Å². The molecule has 0 aliphatic heterocycles. The maximum absolute atomic E-state index is 12.4. The summed E-state index contributed by atoms with van der Waals surface area (Å²) in [6, 6.07) is 27.4. The molecule has 0 aliphatic rings. The van der Waals surface area contributed by atoms with Crippen LogP contribution < -0.4 is 5.32 Å². The highest BCUT2D eigenvalue weighted by molar-refractivity contribution is 7.99. The molecule has 164 valence electrons. The summed E-state index contributed by atoms with van der Waals surface area (Å²) in [6.07, 6.45) is 1.37. The van der Waals surface area contributed by atoms with Crippen LogP contribution in [0.3, 0.4) is 0 Å². The zero-order valence-corrected chi connectivity index (χ0v) is 18.6. The molecule has 0 bridgehead atoms. The Balaban J connectivity index is 1.33. The molecule has 0 spiro atoms. The largest absolute Gasteiger partial charge is 0.342 e. The number of hydrogen-bond acceptors (Lipinski definition) is 5. The third kappa shape index (κ3) is 4.96. The van der Waals surface area contributed by atoms with Crippen molar-refractivity contribution >= 4 is 34.4 Å². The van der Waals surface area contributed by atoms with Crippen LogP contribution in [0.15, 0.2) is 90.1 Å². The number of carbonyl (C=O) groups is 1. The van der Waals surface area contributed by atoms with E-state index >= 15 is 0 Å². The normalized spacial score (nSPS) is 11.0. The highest BCUT2D eigenvalue weighted by Crippen LogP contribution is 2.23. The second-order valence-electron chi connectivity index (χ2n) is 7.47. The number of fused-ring (bicyclic) bond motifs is 1. The Morgan fingerprint density at radius 1 is 0.879 bits per heavy atom. The predicted molar refractivity (Wildman–Crippen MR) is 131 cm³/mol. The third-order valence-electron chi connectivity index (χ3n) is 5.13. The number of nitrogens with zero attached hydrogens (tertiary/aromatic N) is 4. The minimum Gasteiger partial charge on any atom is -0.342 e. The molecule has 5 rings (SSSR count). The van der Waals surface area contributed by atoms with E-state index in [1.165, 1.54) is 11.8 Å². The minimum absolute atomic E-state index is 0.0855. The van der Waals surface area contributed by atoms with E-state index in [2.05, 4.69) is 25.5 Å². The highest BCUT2D eigenvalue weighted by atomic mass is 32.2. The first-order valence-corrected chi connectivity index (χ1v) is 11.7. The molecule has 0 radical (unpaired) electrons. The van der Waals surface area contributed by atoms with Crippen molar-refractivity contribution in [2.24, 2.45) is 0 Å². The summed E-state index contributed by atoms with van der Waals surface area (Å²) in [5.41, 5.74) is 3.72. The number of imidazole rings is 1. The Morgan fingerprint density at radius 2 is 1.61 bits per heavy atom. The van der Waals surface area contributed by atoms with Crippen molar-refractivity contribution < 1.29 is 4.79 Å². The Kier molecular flexibility index (Phi) is 6.16. The number of para-hydroxylation sites is 4. The number of H-pyrrole nitrogens is 1. The number of hydrogen-bond donors (Lipinski definition) is 2. The molecule has 3 aromatic carbocycles. The summed E-state index contributed by atoms with van der Waals surface area (Å²) in [5.74, 6) is 1.89. The molecule has 7 nitrogen and oxygen atoms in total. The van der Waals surface area contributed by atoms with Crippen molar-refractivity contribution in [2.45, 2.75) is 18.0 Å². The lowest BCUT2D eigenvalue weighted by Crippen LogP contribution is -2.14. The molecule has 2 N–H and O–H groups in total. The van der Waals surface area contributed by atoms with Gasteiger partial charge in [-0.25, -0.2) is 4.98 Å². The van der Waals surface area contributed by atoms with E-state index in [0.717, 1.165) is 34.1 Å². The lowest BCUT2D eigenvalue weighted by molar-refractivity contribution is -0.113. The Hall–Kier alpha value is -3.91. The van der Waals surface area contributed by atoms with Gasteiger partial charge in [0.05, 0.1) is 16.8 Å². The standard InChI is InChI=1S/C25H22N6OS/c32-24(26-18-9-3-1-4-10-18)17-33-25-30-29-23(31(25)19-11-5-2-6-12-19)16-15-22-27-20-13-7-8-14-21(20)28-22/h1-14H,15-17H2,(H,26,32)(H,27,28). The molecule has 8 heteroatoms. The van der Waals surface area contributed by atoms with Crippen LogP contribution >= 0.6 is 11.8 Å². The second-order valence-corrected chi connectivity index (χ2v) is 8.42. The fourth-order valence-corrected chi connectivity index (χ4v) is 4.37. The van der Waals surface area contributed by atoms with Crippen LogP contribution in [0.2, 0.25) is 0 Å². The van der Waals surface area contributed by atoms with Gasteiger partial charge in [-0.2, -0.15) is 0 Å². The fraction of sp³-hybridized carbons (Fsp3) is 0.120. The quantitative estimate of drug-likeness (QED) is 0.333. The van der Waals surface area contributed by atoms with Crippen LogP contribution in [-0.2, 0) is 17.6 Å². The van der Waals surface area contributed by atoms with Crippen LogP contribution in [0, 0.1) is 0 Å². The van der Waals surface area contributed by atoms with Crippen molar-refractivity contribution in [3.8, 4) is 5.69 Å². The molecule has 0 atom stereocenters. The number of benzene rings is 3.